The smallest absolute Gasteiger partial charge is 0.263 e. The van der Waals surface area contributed by atoms with E-state index in [1.54, 1.807) is 12.1 Å². The van der Waals surface area contributed by atoms with Crippen LogP contribution >= 0.6 is 0 Å². The molecule has 1 fully saturated rings. The van der Waals surface area contributed by atoms with Crippen LogP contribution in [0.15, 0.2) is 24.3 Å². The van der Waals surface area contributed by atoms with Crippen LogP contribution in [0.1, 0.15) is 37.3 Å². The van der Waals surface area contributed by atoms with Crippen molar-refractivity contribution < 1.29 is 13.6 Å². The van der Waals surface area contributed by atoms with Crippen LogP contribution in [0.25, 0.3) is 0 Å². The molecule has 1 saturated heterocycles. The van der Waals surface area contributed by atoms with Crippen LogP contribution in [0.3, 0.4) is 0 Å². The summed E-state index contributed by atoms with van der Waals surface area (Å²) in [6.07, 6.45) is -0.331. The lowest BCUT2D eigenvalue weighted by atomic mass is 10.1. The average molecular weight is 282 g/mol. The van der Waals surface area contributed by atoms with Crippen LogP contribution in [0.4, 0.5) is 8.78 Å². The van der Waals surface area contributed by atoms with Crippen molar-refractivity contribution in [3.05, 3.63) is 35.4 Å². The van der Waals surface area contributed by atoms with Crippen LogP contribution in [-0.2, 0) is 11.3 Å². The summed E-state index contributed by atoms with van der Waals surface area (Å²) in [5.41, 5.74) is 0.784. The van der Waals surface area contributed by atoms with E-state index in [0.29, 0.717) is 6.54 Å². The van der Waals surface area contributed by atoms with Crippen molar-refractivity contribution in [2.45, 2.75) is 38.8 Å². The van der Waals surface area contributed by atoms with Gasteiger partial charge in [0.05, 0.1) is 6.04 Å². The Bertz CT molecular complexity index is 459. The third kappa shape index (κ3) is 3.76. The van der Waals surface area contributed by atoms with E-state index in [2.05, 4.69) is 5.32 Å². The van der Waals surface area contributed by atoms with Gasteiger partial charge in [-0.3, -0.25) is 4.79 Å². The quantitative estimate of drug-likeness (QED) is 0.900. The predicted molar refractivity (Wildman–Crippen MR) is 73.5 cm³/mol. The standard InChI is InChI=1S/C15H20F2N2O/c1-11(15(20)19-7-2-3-8-19)18-10-12-5-4-6-13(9-12)14(16)17/h4-6,9,11,14,18H,2-3,7-8,10H2,1H3. The molecule has 20 heavy (non-hydrogen) atoms. The molecule has 1 aromatic carbocycles. The summed E-state index contributed by atoms with van der Waals surface area (Å²) >= 11 is 0. The number of rotatable bonds is 5. The van der Waals surface area contributed by atoms with E-state index in [1.807, 2.05) is 11.8 Å². The number of hydrogen-bond acceptors (Lipinski definition) is 2. The van der Waals surface area contributed by atoms with Gasteiger partial charge in [-0.25, -0.2) is 8.78 Å². The lowest BCUT2D eigenvalue weighted by Gasteiger charge is -2.21. The third-order valence-corrected chi connectivity index (χ3v) is 3.60. The van der Waals surface area contributed by atoms with E-state index < -0.39 is 6.43 Å². The molecule has 0 radical (unpaired) electrons. The van der Waals surface area contributed by atoms with Crippen LogP contribution < -0.4 is 5.32 Å². The maximum Gasteiger partial charge on any atom is 0.263 e. The van der Waals surface area contributed by atoms with Gasteiger partial charge in [-0.05, 0) is 31.4 Å². The van der Waals surface area contributed by atoms with Gasteiger partial charge >= 0.3 is 0 Å². The van der Waals surface area contributed by atoms with Gasteiger partial charge in [-0.1, -0.05) is 18.2 Å². The summed E-state index contributed by atoms with van der Waals surface area (Å²) in [6, 6.07) is 6.00. The molecule has 0 aliphatic carbocycles. The van der Waals surface area contributed by atoms with Crippen molar-refractivity contribution in [1.29, 1.82) is 0 Å². The maximum absolute atomic E-state index is 12.6. The van der Waals surface area contributed by atoms with Gasteiger partial charge in [0, 0.05) is 25.2 Å². The number of likely N-dealkylation sites (tertiary alicyclic amines) is 1. The molecule has 1 atom stereocenters. The Kier molecular flexibility index (Phi) is 5.06. The van der Waals surface area contributed by atoms with E-state index >= 15 is 0 Å². The highest BCUT2D eigenvalue weighted by molar-refractivity contribution is 5.81. The Balaban J connectivity index is 1.87. The number of carbonyl (C=O) groups is 1. The van der Waals surface area contributed by atoms with Crippen LogP contribution in [0.5, 0.6) is 0 Å². The average Bonchev–Trinajstić information content (AvgIpc) is 2.98. The first-order chi connectivity index (χ1) is 9.58. The molecule has 5 heteroatoms. The minimum atomic E-state index is -2.46. The van der Waals surface area contributed by atoms with Crippen LogP contribution in [-0.4, -0.2) is 29.9 Å². The second-order valence-corrected chi connectivity index (χ2v) is 5.18. The van der Waals surface area contributed by atoms with Gasteiger partial charge < -0.3 is 10.2 Å². The summed E-state index contributed by atoms with van der Waals surface area (Å²) in [5, 5.41) is 3.11. The van der Waals surface area contributed by atoms with Gasteiger partial charge in [0.25, 0.3) is 6.43 Å². The molecule has 1 unspecified atom stereocenters. The van der Waals surface area contributed by atoms with Crippen LogP contribution in [0.2, 0.25) is 0 Å². The number of benzene rings is 1. The van der Waals surface area contributed by atoms with Gasteiger partial charge in [0.1, 0.15) is 0 Å². The zero-order chi connectivity index (χ0) is 14.5. The summed E-state index contributed by atoms with van der Waals surface area (Å²) < 4.78 is 25.2. The van der Waals surface area contributed by atoms with Crippen molar-refractivity contribution in [2.24, 2.45) is 0 Å². The molecule has 0 saturated carbocycles. The third-order valence-electron chi connectivity index (χ3n) is 3.60. The van der Waals surface area contributed by atoms with E-state index in [-0.39, 0.29) is 17.5 Å². The Morgan fingerprint density at radius 2 is 2.05 bits per heavy atom. The number of amides is 1. The van der Waals surface area contributed by atoms with E-state index in [1.165, 1.54) is 12.1 Å². The minimum Gasteiger partial charge on any atom is -0.341 e. The first-order valence-electron chi connectivity index (χ1n) is 6.97. The van der Waals surface area contributed by atoms with Crippen molar-refractivity contribution in [3.8, 4) is 0 Å². The van der Waals surface area contributed by atoms with Gasteiger partial charge in [-0.2, -0.15) is 0 Å². The van der Waals surface area contributed by atoms with E-state index in [9.17, 15) is 13.6 Å². The van der Waals surface area contributed by atoms with Crippen molar-refractivity contribution in [1.82, 2.24) is 10.2 Å². The fourth-order valence-corrected chi connectivity index (χ4v) is 2.41. The second kappa shape index (κ2) is 6.79. The summed E-state index contributed by atoms with van der Waals surface area (Å²) in [4.78, 5) is 13.9. The first kappa shape index (κ1) is 14.9. The van der Waals surface area contributed by atoms with Crippen molar-refractivity contribution in [2.75, 3.05) is 13.1 Å². The highest BCUT2D eigenvalue weighted by Crippen LogP contribution is 2.19. The Morgan fingerprint density at radius 3 is 2.70 bits per heavy atom. The summed E-state index contributed by atoms with van der Waals surface area (Å²) in [5.74, 6) is 0.0903. The Hall–Kier alpha value is -1.49. The van der Waals surface area contributed by atoms with Crippen molar-refractivity contribution in [3.63, 3.8) is 0 Å². The topological polar surface area (TPSA) is 32.3 Å². The SMILES string of the molecule is CC(NCc1cccc(C(F)F)c1)C(=O)N1CCCC1. The predicted octanol–water partition coefficient (Wildman–Crippen LogP) is 2.72. The minimum absolute atomic E-state index is 0.0165. The molecule has 1 N–H and O–H groups in total. The molecule has 1 aromatic rings. The fraction of sp³-hybridized carbons (Fsp3) is 0.533. The monoisotopic (exact) mass is 282 g/mol. The number of carbonyl (C=O) groups excluding carboxylic acids is 1. The number of nitrogens with one attached hydrogen (secondary N) is 1. The summed E-state index contributed by atoms with van der Waals surface area (Å²) in [7, 11) is 0. The highest BCUT2D eigenvalue weighted by Gasteiger charge is 2.22. The second-order valence-electron chi connectivity index (χ2n) is 5.18. The zero-order valence-corrected chi connectivity index (χ0v) is 11.6. The molecular weight excluding hydrogens is 262 g/mol. The molecule has 2 rings (SSSR count). The number of nitrogens with zero attached hydrogens (tertiary/aromatic N) is 1. The van der Waals surface area contributed by atoms with Gasteiger partial charge in [0.15, 0.2) is 0 Å². The zero-order valence-electron chi connectivity index (χ0n) is 11.6. The molecule has 3 nitrogen and oxygen atoms in total. The molecule has 0 bridgehead atoms. The molecule has 1 amide bonds. The van der Waals surface area contributed by atoms with E-state index in [0.717, 1.165) is 31.5 Å². The maximum atomic E-state index is 12.6. The first-order valence-corrected chi connectivity index (χ1v) is 6.97. The molecule has 1 heterocycles. The number of alkyl halides is 2. The Labute approximate surface area is 118 Å². The lowest BCUT2D eigenvalue weighted by Crippen LogP contribution is -2.43. The van der Waals surface area contributed by atoms with Gasteiger partial charge in [-0.15, -0.1) is 0 Å². The molecule has 0 spiro atoms. The lowest BCUT2D eigenvalue weighted by molar-refractivity contribution is -0.131. The van der Waals surface area contributed by atoms with Gasteiger partial charge in [0.2, 0.25) is 5.91 Å². The molecule has 110 valence electrons. The highest BCUT2D eigenvalue weighted by atomic mass is 19.3. The fourth-order valence-electron chi connectivity index (χ4n) is 2.41. The largest absolute Gasteiger partial charge is 0.341 e. The number of hydrogen-bond donors (Lipinski definition) is 1. The molecule has 1 aliphatic rings. The van der Waals surface area contributed by atoms with Crippen molar-refractivity contribution >= 4 is 5.91 Å². The molecular formula is C15H20F2N2O. The normalized spacial score (nSPS) is 16.7. The molecule has 1 aliphatic heterocycles. The van der Waals surface area contributed by atoms with Crippen LogP contribution in [0, 0.1) is 0 Å². The van der Waals surface area contributed by atoms with E-state index in [4.69, 9.17) is 0 Å². The number of halogens is 2. The molecule has 0 aromatic heterocycles. The Morgan fingerprint density at radius 1 is 1.35 bits per heavy atom. The summed E-state index contributed by atoms with van der Waals surface area (Å²) in [6.45, 7) is 3.89.